The molecule has 1 aromatic carbocycles. The number of terminal acetylenes is 1. The van der Waals surface area contributed by atoms with E-state index in [-0.39, 0.29) is 24.8 Å². The minimum atomic E-state index is -0.199. The average Bonchev–Trinajstić information content (AvgIpc) is 2.96. The van der Waals surface area contributed by atoms with Gasteiger partial charge in [-0.1, -0.05) is 23.7 Å². The summed E-state index contributed by atoms with van der Waals surface area (Å²) in [7, 11) is 1.58. The Morgan fingerprint density at radius 2 is 2.25 bits per heavy atom. The van der Waals surface area contributed by atoms with Gasteiger partial charge in [-0.05, 0) is 12.1 Å². The highest BCUT2D eigenvalue weighted by Gasteiger charge is 2.12. The maximum Gasteiger partial charge on any atom is 0.231 e. The first-order chi connectivity index (χ1) is 11.6. The topological polar surface area (TPSA) is 104 Å². The van der Waals surface area contributed by atoms with Crippen LogP contribution in [0.3, 0.4) is 0 Å². The number of nitrogens with one attached hydrogen (secondary N) is 1. The number of carbonyl (C=O) groups is 1. The molecule has 0 unspecified atom stereocenters. The molecule has 0 radical (unpaired) electrons. The molecule has 0 aliphatic heterocycles. The minimum Gasteiger partial charge on any atom is -0.497 e. The number of rotatable bonds is 8. The Morgan fingerprint density at radius 3 is 3.00 bits per heavy atom. The third-order valence-corrected chi connectivity index (χ3v) is 3.81. The van der Waals surface area contributed by atoms with Gasteiger partial charge in [0.25, 0.3) is 0 Å². The van der Waals surface area contributed by atoms with Crippen LogP contribution < -0.4 is 20.6 Å². The van der Waals surface area contributed by atoms with E-state index >= 15 is 0 Å². The first kappa shape index (κ1) is 17.5. The van der Waals surface area contributed by atoms with Crippen molar-refractivity contribution in [3.05, 3.63) is 30.1 Å². The lowest BCUT2D eigenvalue weighted by molar-refractivity contribution is -0.118. The number of hydrogen-bond donors (Lipinski definition) is 2. The molecular weight excluding hydrogens is 330 g/mol. The molecule has 1 aromatic heterocycles. The van der Waals surface area contributed by atoms with Gasteiger partial charge < -0.3 is 20.6 Å². The van der Waals surface area contributed by atoms with Gasteiger partial charge in [-0.25, -0.2) is 4.68 Å². The molecule has 126 valence electrons. The molecule has 2 rings (SSSR count). The number of carbonyl (C=O) groups excluding carboxylic acids is 1. The van der Waals surface area contributed by atoms with E-state index in [0.717, 1.165) is 11.8 Å². The largest absolute Gasteiger partial charge is 0.497 e. The Balaban J connectivity index is 1.90. The van der Waals surface area contributed by atoms with Crippen molar-refractivity contribution in [3.63, 3.8) is 0 Å². The Labute approximate surface area is 143 Å². The van der Waals surface area contributed by atoms with E-state index in [9.17, 15) is 4.79 Å². The third-order valence-electron chi connectivity index (χ3n) is 2.86. The molecule has 0 saturated heterocycles. The SMILES string of the molecule is C#CCNC(=O)CSc1nnc(COc2cccc(OC)c2)n1N. The lowest BCUT2D eigenvalue weighted by atomic mass is 10.3. The zero-order valence-corrected chi connectivity index (χ0v) is 13.9. The standard InChI is InChI=1S/C15H17N5O3S/c1-3-7-17-14(21)10-24-15-19-18-13(20(15)16)9-23-12-6-4-5-11(8-12)22-2/h1,4-6,8H,7,9-10,16H2,2H3,(H,17,21). The number of benzene rings is 1. The van der Waals surface area contributed by atoms with Gasteiger partial charge in [0.05, 0.1) is 19.4 Å². The van der Waals surface area contributed by atoms with E-state index in [0.29, 0.717) is 22.5 Å². The predicted octanol–water partition coefficient (Wildman–Crippen LogP) is 0.421. The molecule has 0 aliphatic rings. The maximum absolute atomic E-state index is 11.5. The fourth-order valence-electron chi connectivity index (χ4n) is 1.67. The molecule has 1 amide bonds. The number of amides is 1. The fourth-order valence-corrected chi connectivity index (χ4v) is 2.38. The molecular formula is C15H17N5O3S. The zero-order chi connectivity index (χ0) is 17.4. The summed E-state index contributed by atoms with van der Waals surface area (Å²) in [5, 5.41) is 10.9. The van der Waals surface area contributed by atoms with Crippen molar-refractivity contribution < 1.29 is 14.3 Å². The maximum atomic E-state index is 11.5. The molecule has 24 heavy (non-hydrogen) atoms. The normalized spacial score (nSPS) is 10.0. The van der Waals surface area contributed by atoms with Crippen molar-refractivity contribution in [3.8, 4) is 23.8 Å². The Hall–Kier alpha value is -2.86. The van der Waals surface area contributed by atoms with Crippen molar-refractivity contribution >= 4 is 17.7 Å². The van der Waals surface area contributed by atoms with Crippen LogP contribution in [0.2, 0.25) is 0 Å². The van der Waals surface area contributed by atoms with Crippen LogP contribution in [0.1, 0.15) is 5.82 Å². The number of thioether (sulfide) groups is 1. The fraction of sp³-hybridized carbons (Fsp3) is 0.267. The third kappa shape index (κ3) is 4.82. The summed E-state index contributed by atoms with van der Waals surface area (Å²) in [6.45, 7) is 0.328. The number of nitrogens with zero attached hydrogens (tertiary/aromatic N) is 3. The summed E-state index contributed by atoms with van der Waals surface area (Å²) in [5.74, 6) is 9.94. The monoisotopic (exact) mass is 347 g/mol. The van der Waals surface area contributed by atoms with Gasteiger partial charge in [-0.3, -0.25) is 4.79 Å². The van der Waals surface area contributed by atoms with Crippen LogP contribution in [0, 0.1) is 12.3 Å². The van der Waals surface area contributed by atoms with Gasteiger partial charge >= 0.3 is 0 Å². The summed E-state index contributed by atoms with van der Waals surface area (Å²) in [5.41, 5.74) is 0. The molecule has 3 N–H and O–H groups in total. The van der Waals surface area contributed by atoms with Crippen LogP contribution in [0.4, 0.5) is 0 Å². The van der Waals surface area contributed by atoms with Crippen LogP contribution in [-0.4, -0.2) is 40.2 Å². The number of aromatic nitrogens is 3. The molecule has 0 bridgehead atoms. The Morgan fingerprint density at radius 1 is 1.46 bits per heavy atom. The van der Waals surface area contributed by atoms with Crippen molar-refractivity contribution in [1.82, 2.24) is 20.2 Å². The van der Waals surface area contributed by atoms with E-state index < -0.39 is 0 Å². The number of nitrogen functional groups attached to an aromatic ring is 1. The molecule has 0 atom stereocenters. The van der Waals surface area contributed by atoms with E-state index in [1.165, 1.54) is 4.68 Å². The zero-order valence-electron chi connectivity index (χ0n) is 13.1. The smallest absolute Gasteiger partial charge is 0.231 e. The second-order valence-electron chi connectivity index (χ2n) is 4.51. The van der Waals surface area contributed by atoms with Gasteiger partial charge in [-0.2, -0.15) is 0 Å². The number of nitrogens with two attached hydrogens (primary N) is 1. The molecule has 0 spiro atoms. The highest BCUT2D eigenvalue weighted by molar-refractivity contribution is 7.99. The summed E-state index contributed by atoms with van der Waals surface area (Å²) >= 11 is 1.16. The minimum absolute atomic E-state index is 0.139. The van der Waals surface area contributed by atoms with Crippen LogP contribution in [0.15, 0.2) is 29.4 Å². The lowest BCUT2D eigenvalue weighted by Gasteiger charge is -2.07. The molecule has 8 nitrogen and oxygen atoms in total. The second kappa shape index (κ2) is 8.69. The molecule has 9 heteroatoms. The highest BCUT2D eigenvalue weighted by Crippen LogP contribution is 2.20. The Bertz CT molecular complexity index is 741. The second-order valence-corrected chi connectivity index (χ2v) is 5.45. The van der Waals surface area contributed by atoms with E-state index in [2.05, 4.69) is 21.4 Å². The summed E-state index contributed by atoms with van der Waals surface area (Å²) in [6.07, 6.45) is 5.07. The summed E-state index contributed by atoms with van der Waals surface area (Å²) in [6, 6.07) is 7.18. The molecule has 0 aliphatic carbocycles. The van der Waals surface area contributed by atoms with E-state index in [1.54, 1.807) is 19.2 Å². The molecule has 1 heterocycles. The van der Waals surface area contributed by atoms with Gasteiger partial charge in [0.2, 0.25) is 11.1 Å². The van der Waals surface area contributed by atoms with Gasteiger partial charge in [0, 0.05) is 6.07 Å². The number of methoxy groups -OCH3 is 1. The predicted molar refractivity (Wildman–Crippen MR) is 90.1 cm³/mol. The van der Waals surface area contributed by atoms with Gasteiger partial charge in [0.1, 0.15) is 18.1 Å². The van der Waals surface area contributed by atoms with Gasteiger partial charge in [0.15, 0.2) is 5.82 Å². The first-order valence-electron chi connectivity index (χ1n) is 6.93. The molecule has 0 fully saturated rings. The van der Waals surface area contributed by atoms with Crippen LogP contribution >= 0.6 is 11.8 Å². The quantitative estimate of drug-likeness (QED) is 0.405. The van der Waals surface area contributed by atoms with Crippen molar-refractivity contribution in [2.24, 2.45) is 0 Å². The van der Waals surface area contributed by atoms with Crippen molar-refractivity contribution in [2.75, 3.05) is 25.3 Å². The van der Waals surface area contributed by atoms with E-state index in [1.807, 2.05) is 12.1 Å². The molecule has 0 saturated carbocycles. The van der Waals surface area contributed by atoms with Crippen LogP contribution in [-0.2, 0) is 11.4 Å². The number of hydrogen-bond acceptors (Lipinski definition) is 7. The lowest BCUT2D eigenvalue weighted by Crippen LogP contribution is -2.25. The molecule has 2 aromatic rings. The number of ether oxygens (including phenoxy) is 2. The van der Waals surface area contributed by atoms with Gasteiger partial charge in [-0.15, -0.1) is 16.6 Å². The van der Waals surface area contributed by atoms with E-state index in [4.69, 9.17) is 21.7 Å². The van der Waals surface area contributed by atoms with Crippen molar-refractivity contribution in [1.29, 1.82) is 0 Å². The Kier molecular flexibility index (Phi) is 6.33. The average molecular weight is 347 g/mol. The van der Waals surface area contributed by atoms with Crippen molar-refractivity contribution in [2.45, 2.75) is 11.8 Å². The summed E-state index contributed by atoms with van der Waals surface area (Å²) < 4.78 is 12.0. The van der Waals surface area contributed by atoms with Crippen LogP contribution in [0.25, 0.3) is 0 Å². The van der Waals surface area contributed by atoms with Crippen LogP contribution in [0.5, 0.6) is 11.5 Å². The first-order valence-corrected chi connectivity index (χ1v) is 7.91. The summed E-state index contributed by atoms with van der Waals surface area (Å²) in [4.78, 5) is 11.5. The highest BCUT2D eigenvalue weighted by atomic mass is 32.2.